The molecule has 2 rings (SSSR count). The van der Waals surface area contributed by atoms with Gasteiger partial charge in [0.05, 0.1) is 9.83 Å². The Morgan fingerprint density at radius 3 is 2.67 bits per heavy atom. The highest BCUT2D eigenvalue weighted by atomic mass is 32.2. The molecular weight excluding hydrogens is 256 g/mol. The van der Waals surface area contributed by atoms with Gasteiger partial charge in [0.25, 0.3) is 16.8 Å². The second-order valence-electron chi connectivity index (χ2n) is 3.59. The molecule has 6 nitrogen and oxygen atoms in total. The van der Waals surface area contributed by atoms with Crippen LogP contribution < -0.4 is 0 Å². The first-order chi connectivity index (χ1) is 8.49. The van der Waals surface area contributed by atoms with Gasteiger partial charge in [-0.05, 0) is 23.4 Å². The SMILES string of the molecule is CN1C(=O)S/C(=C\c2cccc([N+](=O)[O-])c2)C1=O. The van der Waals surface area contributed by atoms with Crippen LogP contribution in [0.4, 0.5) is 10.5 Å². The van der Waals surface area contributed by atoms with Gasteiger partial charge in [-0.1, -0.05) is 12.1 Å². The molecule has 0 bridgehead atoms. The molecule has 1 aromatic rings. The Hall–Kier alpha value is -2.15. The van der Waals surface area contributed by atoms with E-state index >= 15 is 0 Å². The van der Waals surface area contributed by atoms with E-state index in [4.69, 9.17) is 0 Å². The molecule has 0 N–H and O–H groups in total. The number of nitrogens with zero attached hydrogens (tertiary/aromatic N) is 2. The van der Waals surface area contributed by atoms with Crippen molar-refractivity contribution in [3.8, 4) is 0 Å². The van der Waals surface area contributed by atoms with Gasteiger partial charge in [0.2, 0.25) is 0 Å². The molecule has 1 aliphatic heterocycles. The normalized spacial score (nSPS) is 17.6. The number of nitro groups is 1. The van der Waals surface area contributed by atoms with Gasteiger partial charge in [-0.2, -0.15) is 0 Å². The molecule has 1 aromatic carbocycles. The van der Waals surface area contributed by atoms with E-state index in [2.05, 4.69) is 0 Å². The average molecular weight is 264 g/mol. The van der Waals surface area contributed by atoms with Crippen molar-refractivity contribution >= 4 is 34.7 Å². The summed E-state index contributed by atoms with van der Waals surface area (Å²) < 4.78 is 0. The number of nitro benzene ring substituents is 1. The van der Waals surface area contributed by atoms with Crippen LogP contribution in [0, 0.1) is 10.1 Å². The van der Waals surface area contributed by atoms with Crippen LogP contribution in [0.1, 0.15) is 5.56 Å². The number of likely N-dealkylation sites (N-methyl/N-ethyl adjacent to an activating group) is 1. The molecule has 1 aliphatic rings. The molecule has 0 radical (unpaired) electrons. The number of rotatable bonds is 2. The Kier molecular flexibility index (Phi) is 3.15. The van der Waals surface area contributed by atoms with E-state index in [1.54, 1.807) is 6.07 Å². The number of hydrogen-bond acceptors (Lipinski definition) is 5. The summed E-state index contributed by atoms with van der Waals surface area (Å²) in [5, 5.41) is 10.3. The topological polar surface area (TPSA) is 80.5 Å². The van der Waals surface area contributed by atoms with Crippen LogP contribution in [-0.2, 0) is 4.79 Å². The first-order valence-electron chi connectivity index (χ1n) is 4.95. The van der Waals surface area contributed by atoms with Crippen LogP contribution in [0.3, 0.4) is 0 Å². The zero-order valence-corrected chi connectivity index (χ0v) is 10.1. The first kappa shape index (κ1) is 12.3. The number of non-ortho nitro benzene ring substituents is 1. The summed E-state index contributed by atoms with van der Waals surface area (Å²) in [5.41, 5.74) is 0.461. The molecule has 0 spiro atoms. The zero-order valence-electron chi connectivity index (χ0n) is 9.32. The van der Waals surface area contributed by atoms with Crippen molar-refractivity contribution in [2.24, 2.45) is 0 Å². The third-order valence-electron chi connectivity index (χ3n) is 2.37. The lowest BCUT2D eigenvalue weighted by Gasteiger charge is -2.00. The summed E-state index contributed by atoms with van der Waals surface area (Å²) in [7, 11) is 1.39. The van der Waals surface area contributed by atoms with Gasteiger partial charge in [0.15, 0.2) is 0 Å². The smallest absolute Gasteiger partial charge is 0.272 e. The number of thioether (sulfide) groups is 1. The van der Waals surface area contributed by atoms with Gasteiger partial charge in [0.1, 0.15) is 0 Å². The van der Waals surface area contributed by atoms with Crippen molar-refractivity contribution in [1.29, 1.82) is 0 Å². The lowest BCUT2D eigenvalue weighted by Crippen LogP contribution is -2.22. The molecule has 7 heteroatoms. The van der Waals surface area contributed by atoms with Crippen molar-refractivity contribution in [1.82, 2.24) is 4.90 Å². The lowest BCUT2D eigenvalue weighted by atomic mass is 10.2. The predicted molar refractivity (Wildman–Crippen MR) is 66.8 cm³/mol. The highest BCUT2D eigenvalue weighted by molar-refractivity contribution is 8.18. The summed E-state index contributed by atoms with van der Waals surface area (Å²) in [6, 6.07) is 5.88. The quantitative estimate of drug-likeness (QED) is 0.465. The minimum Gasteiger partial charge on any atom is -0.272 e. The highest BCUT2D eigenvalue weighted by Gasteiger charge is 2.31. The fraction of sp³-hybridized carbons (Fsp3) is 0.0909. The molecule has 18 heavy (non-hydrogen) atoms. The van der Waals surface area contributed by atoms with Crippen molar-refractivity contribution in [3.05, 3.63) is 44.8 Å². The Labute approximate surface area is 106 Å². The number of amides is 2. The average Bonchev–Trinajstić information content (AvgIpc) is 2.57. The van der Waals surface area contributed by atoms with Crippen LogP contribution in [0.15, 0.2) is 29.2 Å². The fourth-order valence-electron chi connectivity index (χ4n) is 1.43. The van der Waals surface area contributed by atoms with Gasteiger partial charge >= 0.3 is 0 Å². The van der Waals surface area contributed by atoms with Crippen molar-refractivity contribution in [2.45, 2.75) is 0 Å². The summed E-state index contributed by atoms with van der Waals surface area (Å²) >= 11 is 0.820. The van der Waals surface area contributed by atoms with E-state index in [-0.39, 0.29) is 15.8 Å². The Morgan fingerprint density at radius 1 is 1.39 bits per heavy atom. The zero-order chi connectivity index (χ0) is 13.3. The molecule has 0 atom stereocenters. The van der Waals surface area contributed by atoms with E-state index in [1.807, 2.05) is 0 Å². The Bertz CT molecular complexity index is 582. The Morgan fingerprint density at radius 2 is 2.11 bits per heavy atom. The maximum Gasteiger partial charge on any atom is 0.293 e. The van der Waals surface area contributed by atoms with Crippen LogP contribution in [0.25, 0.3) is 6.08 Å². The number of benzene rings is 1. The number of carbonyl (C=O) groups excluding carboxylic acids is 2. The van der Waals surface area contributed by atoms with Crippen LogP contribution >= 0.6 is 11.8 Å². The van der Waals surface area contributed by atoms with Crippen LogP contribution in [-0.4, -0.2) is 28.0 Å². The fourth-order valence-corrected chi connectivity index (χ4v) is 2.25. The summed E-state index contributed by atoms with van der Waals surface area (Å²) in [4.78, 5) is 34.3. The first-order valence-corrected chi connectivity index (χ1v) is 5.76. The molecule has 2 amide bonds. The van der Waals surface area contributed by atoms with Crippen LogP contribution in [0.5, 0.6) is 0 Å². The second-order valence-corrected chi connectivity index (χ2v) is 4.59. The number of hydrogen-bond donors (Lipinski definition) is 0. The maximum absolute atomic E-state index is 11.6. The van der Waals surface area contributed by atoms with Crippen molar-refractivity contribution in [3.63, 3.8) is 0 Å². The van der Waals surface area contributed by atoms with Gasteiger partial charge in [-0.15, -0.1) is 0 Å². The second kappa shape index (κ2) is 4.61. The van der Waals surface area contributed by atoms with Gasteiger partial charge in [0, 0.05) is 19.2 Å². The van der Waals surface area contributed by atoms with Crippen molar-refractivity contribution < 1.29 is 14.5 Å². The summed E-state index contributed by atoms with van der Waals surface area (Å²) in [6.07, 6.45) is 1.47. The van der Waals surface area contributed by atoms with Gasteiger partial charge < -0.3 is 0 Å². The number of carbonyl (C=O) groups is 2. The Balaban J connectivity index is 2.34. The summed E-state index contributed by atoms with van der Waals surface area (Å²) in [6.45, 7) is 0. The molecule has 1 saturated heterocycles. The third-order valence-corrected chi connectivity index (χ3v) is 3.33. The molecule has 92 valence electrons. The molecule has 1 fully saturated rings. The standard InChI is InChI=1S/C11H8N2O4S/c1-12-10(14)9(18-11(12)15)6-7-3-2-4-8(5-7)13(16)17/h2-6H,1H3/b9-6-. The van der Waals surface area contributed by atoms with Gasteiger partial charge in [-0.3, -0.25) is 24.6 Å². The number of imide groups is 1. The highest BCUT2D eigenvalue weighted by Crippen LogP contribution is 2.31. The molecule has 0 aromatic heterocycles. The molecule has 0 unspecified atom stereocenters. The molecule has 0 aliphatic carbocycles. The van der Waals surface area contributed by atoms with E-state index in [0.29, 0.717) is 5.56 Å². The monoisotopic (exact) mass is 264 g/mol. The van der Waals surface area contributed by atoms with Crippen LogP contribution in [0.2, 0.25) is 0 Å². The minimum atomic E-state index is -0.511. The van der Waals surface area contributed by atoms with Gasteiger partial charge in [-0.25, -0.2) is 0 Å². The maximum atomic E-state index is 11.6. The molecule has 0 saturated carbocycles. The van der Waals surface area contributed by atoms with E-state index in [9.17, 15) is 19.7 Å². The summed E-state index contributed by atoms with van der Waals surface area (Å²) in [5.74, 6) is -0.392. The predicted octanol–water partition coefficient (Wildman–Crippen LogP) is 2.26. The molecular formula is C11H8N2O4S. The third kappa shape index (κ3) is 2.25. The molecule has 1 heterocycles. The lowest BCUT2D eigenvalue weighted by molar-refractivity contribution is -0.384. The van der Waals surface area contributed by atoms with Crippen molar-refractivity contribution in [2.75, 3.05) is 7.05 Å². The largest absolute Gasteiger partial charge is 0.293 e. The minimum absolute atomic E-state index is 0.0560. The van der Waals surface area contributed by atoms with E-state index < -0.39 is 10.8 Å². The van der Waals surface area contributed by atoms with E-state index in [1.165, 1.54) is 31.3 Å². The van der Waals surface area contributed by atoms with E-state index in [0.717, 1.165) is 16.7 Å².